The average Bonchev–Trinajstić information content (AvgIpc) is 2.44. The van der Waals surface area contributed by atoms with Crippen LogP contribution in [0.3, 0.4) is 0 Å². The zero-order valence-corrected chi connectivity index (χ0v) is 11.1. The zero-order valence-electron chi connectivity index (χ0n) is 11.1. The summed E-state index contributed by atoms with van der Waals surface area (Å²) in [5, 5.41) is 13.0. The van der Waals surface area contributed by atoms with E-state index in [0.29, 0.717) is 5.75 Å². The molecular formula is C15H19N3O. The molecule has 0 amide bonds. The fraction of sp³-hybridized carbons (Fsp3) is 0.333. The van der Waals surface area contributed by atoms with Gasteiger partial charge in [-0.1, -0.05) is 19.1 Å². The molecule has 0 aliphatic rings. The van der Waals surface area contributed by atoms with Gasteiger partial charge in [0.15, 0.2) is 0 Å². The standard InChI is InChI=1S/C15H19N3O/c1-2-7-17-15(14-6-8-16-11-18-14)10-12-4-3-5-13(19)9-12/h3-6,8-9,11,15,17,19H,2,7,10H2,1H3. The monoisotopic (exact) mass is 257 g/mol. The molecule has 1 atom stereocenters. The highest BCUT2D eigenvalue weighted by atomic mass is 16.3. The summed E-state index contributed by atoms with van der Waals surface area (Å²) in [4.78, 5) is 8.26. The summed E-state index contributed by atoms with van der Waals surface area (Å²) in [5.74, 6) is 0.300. The van der Waals surface area contributed by atoms with Crippen molar-refractivity contribution in [3.63, 3.8) is 0 Å². The van der Waals surface area contributed by atoms with Crippen molar-refractivity contribution < 1.29 is 5.11 Å². The second-order valence-corrected chi connectivity index (χ2v) is 4.51. The quantitative estimate of drug-likeness (QED) is 0.834. The van der Waals surface area contributed by atoms with Crippen LogP contribution in [0.25, 0.3) is 0 Å². The van der Waals surface area contributed by atoms with Gasteiger partial charge in [0, 0.05) is 6.20 Å². The van der Waals surface area contributed by atoms with Crippen molar-refractivity contribution in [1.29, 1.82) is 0 Å². The Kier molecular flexibility index (Phi) is 4.86. The maximum atomic E-state index is 9.53. The van der Waals surface area contributed by atoms with Crippen molar-refractivity contribution >= 4 is 0 Å². The van der Waals surface area contributed by atoms with Crippen LogP contribution in [0.4, 0.5) is 0 Å². The number of phenolic OH excluding ortho intramolecular Hbond substituents is 1. The van der Waals surface area contributed by atoms with E-state index in [2.05, 4.69) is 22.2 Å². The van der Waals surface area contributed by atoms with Crippen LogP contribution < -0.4 is 5.32 Å². The Labute approximate surface area is 113 Å². The molecule has 0 bridgehead atoms. The third kappa shape index (κ3) is 4.03. The van der Waals surface area contributed by atoms with Crippen LogP contribution in [0.5, 0.6) is 5.75 Å². The van der Waals surface area contributed by atoms with E-state index in [0.717, 1.165) is 30.6 Å². The molecule has 19 heavy (non-hydrogen) atoms. The summed E-state index contributed by atoms with van der Waals surface area (Å²) in [5.41, 5.74) is 2.07. The molecule has 0 radical (unpaired) electrons. The smallest absolute Gasteiger partial charge is 0.115 e. The van der Waals surface area contributed by atoms with Gasteiger partial charge in [-0.25, -0.2) is 9.97 Å². The lowest BCUT2D eigenvalue weighted by Gasteiger charge is -2.18. The molecule has 1 heterocycles. The van der Waals surface area contributed by atoms with E-state index in [4.69, 9.17) is 0 Å². The first-order chi connectivity index (χ1) is 9.29. The lowest BCUT2D eigenvalue weighted by Crippen LogP contribution is -2.25. The molecule has 2 rings (SSSR count). The minimum Gasteiger partial charge on any atom is -0.508 e. The van der Waals surface area contributed by atoms with E-state index in [9.17, 15) is 5.11 Å². The molecule has 4 nitrogen and oxygen atoms in total. The van der Waals surface area contributed by atoms with Gasteiger partial charge < -0.3 is 10.4 Å². The first kappa shape index (κ1) is 13.5. The predicted octanol–water partition coefficient (Wildman–Crippen LogP) is 2.47. The molecular weight excluding hydrogens is 238 g/mol. The Morgan fingerprint density at radius 3 is 2.89 bits per heavy atom. The third-order valence-electron chi connectivity index (χ3n) is 2.95. The third-order valence-corrected chi connectivity index (χ3v) is 2.95. The van der Waals surface area contributed by atoms with Crippen LogP contribution in [-0.2, 0) is 6.42 Å². The Bertz CT molecular complexity index is 502. The molecule has 0 aliphatic heterocycles. The van der Waals surface area contributed by atoms with E-state index in [1.807, 2.05) is 18.2 Å². The summed E-state index contributed by atoms with van der Waals surface area (Å²) in [7, 11) is 0. The SMILES string of the molecule is CCCNC(Cc1cccc(O)c1)c1ccncn1. The Hall–Kier alpha value is -1.94. The van der Waals surface area contributed by atoms with Gasteiger partial charge in [0.05, 0.1) is 11.7 Å². The van der Waals surface area contributed by atoms with Crippen LogP contribution in [0.2, 0.25) is 0 Å². The molecule has 1 aromatic carbocycles. The minimum absolute atomic E-state index is 0.143. The second kappa shape index (κ2) is 6.85. The van der Waals surface area contributed by atoms with Crippen LogP contribution in [-0.4, -0.2) is 21.6 Å². The molecule has 0 saturated heterocycles. The highest BCUT2D eigenvalue weighted by Crippen LogP contribution is 2.19. The summed E-state index contributed by atoms with van der Waals surface area (Å²) in [6.07, 6.45) is 5.19. The van der Waals surface area contributed by atoms with E-state index in [-0.39, 0.29) is 6.04 Å². The first-order valence-electron chi connectivity index (χ1n) is 6.56. The van der Waals surface area contributed by atoms with Crippen LogP contribution in [0, 0.1) is 0 Å². The van der Waals surface area contributed by atoms with Gasteiger partial charge in [-0.15, -0.1) is 0 Å². The van der Waals surface area contributed by atoms with Gasteiger partial charge in [-0.05, 0) is 43.1 Å². The van der Waals surface area contributed by atoms with Crippen molar-refractivity contribution in [3.05, 3.63) is 54.1 Å². The van der Waals surface area contributed by atoms with E-state index in [1.54, 1.807) is 24.7 Å². The summed E-state index contributed by atoms with van der Waals surface area (Å²) in [6, 6.07) is 9.42. The number of aromatic nitrogens is 2. The summed E-state index contributed by atoms with van der Waals surface area (Å²) in [6.45, 7) is 3.08. The maximum absolute atomic E-state index is 9.53. The van der Waals surface area contributed by atoms with Gasteiger partial charge in [0.25, 0.3) is 0 Å². The first-order valence-corrected chi connectivity index (χ1v) is 6.56. The van der Waals surface area contributed by atoms with E-state index in [1.165, 1.54) is 0 Å². The number of aromatic hydroxyl groups is 1. The largest absolute Gasteiger partial charge is 0.508 e. The molecule has 2 aromatic rings. The van der Waals surface area contributed by atoms with Crippen molar-refractivity contribution in [2.45, 2.75) is 25.8 Å². The summed E-state index contributed by atoms with van der Waals surface area (Å²) >= 11 is 0. The van der Waals surface area contributed by atoms with Gasteiger partial charge in [-0.2, -0.15) is 0 Å². The molecule has 1 unspecified atom stereocenters. The zero-order chi connectivity index (χ0) is 13.5. The highest BCUT2D eigenvalue weighted by Gasteiger charge is 2.12. The molecule has 1 aromatic heterocycles. The predicted molar refractivity (Wildman–Crippen MR) is 74.9 cm³/mol. The number of hydrogen-bond donors (Lipinski definition) is 2. The maximum Gasteiger partial charge on any atom is 0.115 e. The molecule has 0 spiro atoms. The van der Waals surface area contributed by atoms with Crippen LogP contribution in [0.15, 0.2) is 42.9 Å². The van der Waals surface area contributed by atoms with Gasteiger partial charge in [0.1, 0.15) is 12.1 Å². The van der Waals surface area contributed by atoms with Gasteiger partial charge >= 0.3 is 0 Å². The average molecular weight is 257 g/mol. The van der Waals surface area contributed by atoms with E-state index < -0.39 is 0 Å². The molecule has 0 aliphatic carbocycles. The van der Waals surface area contributed by atoms with Gasteiger partial charge in [-0.3, -0.25) is 0 Å². The normalized spacial score (nSPS) is 12.3. The van der Waals surface area contributed by atoms with Gasteiger partial charge in [0.2, 0.25) is 0 Å². The van der Waals surface area contributed by atoms with Crippen LogP contribution in [0.1, 0.15) is 30.6 Å². The number of phenols is 1. The number of hydrogen-bond acceptors (Lipinski definition) is 4. The highest BCUT2D eigenvalue weighted by molar-refractivity contribution is 5.28. The van der Waals surface area contributed by atoms with Crippen molar-refractivity contribution in [2.24, 2.45) is 0 Å². The number of nitrogens with zero attached hydrogens (tertiary/aromatic N) is 2. The lowest BCUT2D eigenvalue weighted by atomic mass is 10.0. The topological polar surface area (TPSA) is 58.0 Å². The number of nitrogens with one attached hydrogen (secondary N) is 1. The van der Waals surface area contributed by atoms with Crippen molar-refractivity contribution in [2.75, 3.05) is 6.54 Å². The minimum atomic E-state index is 0.143. The fourth-order valence-electron chi connectivity index (χ4n) is 2.03. The Morgan fingerprint density at radius 2 is 2.21 bits per heavy atom. The van der Waals surface area contributed by atoms with E-state index >= 15 is 0 Å². The lowest BCUT2D eigenvalue weighted by molar-refractivity contribution is 0.472. The van der Waals surface area contributed by atoms with Crippen molar-refractivity contribution in [3.8, 4) is 5.75 Å². The molecule has 100 valence electrons. The number of benzene rings is 1. The summed E-state index contributed by atoms with van der Waals surface area (Å²) < 4.78 is 0. The molecule has 2 N–H and O–H groups in total. The second-order valence-electron chi connectivity index (χ2n) is 4.51. The van der Waals surface area contributed by atoms with Crippen LogP contribution >= 0.6 is 0 Å². The Morgan fingerprint density at radius 1 is 1.32 bits per heavy atom. The molecule has 0 fully saturated rings. The number of rotatable bonds is 6. The van der Waals surface area contributed by atoms with Crippen molar-refractivity contribution in [1.82, 2.24) is 15.3 Å². The fourth-order valence-corrected chi connectivity index (χ4v) is 2.03. The molecule has 0 saturated carbocycles. The Balaban J connectivity index is 2.14. The molecule has 4 heteroatoms.